The standard InChI is InChI=1S/C18H18N2S/c1-4-21-17-8-6-5-7-14(17)18-13(3)19-16-11-12(2)9-10-15(16)20-18/h5-11H,4H2,1-3H3. The van der Waals surface area contributed by atoms with E-state index in [0.29, 0.717) is 0 Å². The normalized spacial score (nSPS) is 11.0. The van der Waals surface area contributed by atoms with Crippen molar-refractivity contribution in [3.8, 4) is 11.3 Å². The fourth-order valence-electron chi connectivity index (χ4n) is 2.45. The van der Waals surface area contributed by atoms with Crippen molar-refractivity contribution < 1.29 is 0 Å². The summed E-state index contributed by atoms with van der Waals surface area (Å²) in [6, 6.07) is 14.7. The molecule has 0 amide bonds. The summed E-state index contributed by atoms with van der Waals surface area (Å²) in [4.78, 5) is 10.9. The van der Waals surface area contributed by atoms with Gasteiger partial charge in [0.05, 0.1) is 22.4 Å². The molecular weight excluding hydrogens is 276 g/mol. The van der Waals surface area contributed by atoms with Crippen LogP contribution in [-0.2, 0) is 0 Å². The third-order valence-corrected chi connectivity index (χ3v) is 4.39. The van der Waals surface area contributed by atoms with E-state index < -0.39 is 0 Å². The van der Waals surface area contributed by atoms with E-state index in [-0.39, 0.29) is 0 Å². The van der Waals surface area contributed by atoms with Crippen molar-refractivity contribution in [2.75, 3.05) is 5.75 Å². The average molecular weight is 294 g/mol. The van der Waals surface area contributed by atoms with Gasteiger partial charge in [-0.05, 0) is 43.4 Å². The summed E-state index contributed by atoms with van der Waals surface area (Å²) < 4.78 is 0. The molecule has 0 spiro atoms. The first-order valence-corrected chi connectivity index (χ1v) is 8.15. The second kappa shape index (κ2) is 5.86. The van der Waals surface area contributed by atoms with Gasteiger partial charge in [0.25, 0.3) is 0 Å². The Morgan fingerprint density at radius 1 is 0.952 bits per heavy atom. The number of nitrogens with zero attached hydrogens (tertiary/aromatic N) is 2. The van der Waals surface area contributed by atoms with Crippen molar-refractivity contribution in [2.45, 2.75) is 25.7 Å². The predicted octanol–water partition coefficient (Wildman–Crippen LogP) is 5.03. The maximum absolute atomic E-state index is 4.85. The highest BCUT2D eigenvalue weighted by atomic mass is 32.2. The van der Waals surface area contributed by atoms with Crippen LogP contribution in [0.25, 0.3) is 22.3 Å². The van der Waals surface area contributed by atoms with E-state index >= 15 is 0 Å². The second-order valence-corrected chi connectivity index (χ2v) is 6.38. The van der Waals surface area contributed by atoms with Crippen LogP contribution in [0.1, 0.15) is 18.2 Å². The first kappa shape index (κ1) is 14.1. The Balaban J connectivity index is 2.21. The minimum Gasteiger partial charge on any atom is -0.249 e. The molecule has 0 atom stereocenters. The maximum Gasteiger partial charge on any atom is 0.0933 e. The lowest BCUT2D eigenvalue weighted by Crippen LogP contribution is -1.96. The molecule has 3 aromatic rings. The first-order valence-electron chi connectivity index (χ1n) is 7.16. The summed E-state index contributed by atoms with van der Waals surface area (Å²) in [5, 5.41) is 0. The summed E-state index contributed by atoms with van der Waals surface area (Å²) in [5.41, 5.74) is 6.29. The number of hydrogen-bond donors (Lipinski definition) is 0. The number of thioether (sulfide) groups is 1. The Morgan fingerprint density at radius 2 is 1.76 bits per heavy atom. The highest BCUT2D eigenvalue weighted by Gasteiger charge is 2.11. The molecule has 21 heavy (non-hydrogen) atoms. The Labute approximate surface area is 129 Å². The van der Waals surface area contributed by atoms with Crippen LogP contribution in [0.2, 0.25) is 0 Å². The van der Waals surface area contributed by atoms with Crippen LogP contribution in [0.15, 0.2) is 47.4 Å². The van der Waals surface area contributed by atoms with Crippen LogP contribution in [-0.4, -0.2) is 15.7 Å². The molecule has 0 bridgehead atoms. The molecule has 0 saturated heterocycles. The summed E-state index contributed by atoms with van der Waals surface area (Å²) >= 11 is 1.85. The molecule has 0 aliphatic heterocycles. The molecule has 0 fully saturated rings. The number of rotatable bonds is 3. The largest absolute Gasteiger partial charge is 0.249 e. The van der Waals surface area contributed by atoms with Crippen molar-refractivity contribution in [1.29, 1.82) is 0 Å². The van der Waals surface area contributed by atoms with E-state index in [1.54, 1.807) is 0 Å². The van der Waals surface area contributed by atoms with Gasteiger partial charge in [0.2, 0.25) is 0 Å². The second-order valence-electron chi connectivity index (χ2n) is 5.08. The molecule has 1 aromatic heterocycles. The Morgan fingerprint density at radius 3 is 2.57 bits per heavy atom. The highest BCUT2D eigenvalue weighted by Crippen LogP contribution is 2.32. The van der Waals surface area contributed by atoms with E-state index in [1.807, 2.05) is 18.7 Å². The van der Waals surface area contributed by atoms with Gasteiger partial charge in [0.15, 0.2) is 0 Å². The summed E-state index contributed by atoms with van der Waals surface area (Å²) in [5.74, 6) is 1.05. The fraction of sp³-hybridized carbons (Fsp3) is 0.222. The van der Waals surface area contributed by atoms with Gasteiger partial charge in [0, 0.05) is 10.5 Å². The van der Waals surface area contributed by atoms with Gasteiger partial charge < -0.3 is 0 Å². The lowest BCUT2D eigenvalue weighted by atomic mass is 10.1. The quantitative estimate of drug-likeness (QED) is 0.634. The van der Waals surface area contributed by atoms with E-state index in [1.165, 1.54) is 16.0 Å². The summed E-state index contributed by atoms with van der Waals surface area (Å²) in [7, 11) is 0. The Bertz CT molecular complexity index is 796. The maximum atomic E-state index is 4.85. The molecular formula is C18H18N2S. The van der Waals surface area contributed by atoms with Gasteiger partial charge in [-0.1, -0.05) is 31.2 Å². The Kier molecular flexibility index (Phi) is 3.93. The number of hydrogen-bond acceptors (Lipinski definition) is 3. The van der Waals surface area contributed by atoms with Crippen LogP contribution in [0, 0.1) is 13.8 Å². The number of benzene rings is 2. The lowest BCUT2D eigenvalue weighted by molar-refractivity contribution is 1.17. The van der Waals surface area contributed by atoms with Gasteiger partial charge in [0.1, 0.15) is 0 Å². The molecule has 106 valence electrons. The van der Waals surface area contributed by atoms with Crippen molar-refractivity contribution in [3.63, 3.8) is 0 Å². The lowest BCUT2D eigenvalue weighted by Gasteiger charge is -2.11. The fourth-order valence-corrected chi connectivity index (χ4v) is 3.26. The molecule has 2 aromatic carbocycles. The van der Waals surface area contributed by atoms with E-state index in [2.05, 4.69) is 56.3 Å². The predicted molar refractivity (Wildman–Crippen MR) is 90.8 cm³/mol. The zero-order valence-corrected chi connectivity index (χ0v) is 13.4. The first-order chi connectivity index (χ1) is 10.2. The minimum absolute atomic E-state index is 0.956. The third-order valence-electron chi connectivity index (χ3n) is 3.44. The molecule has 0 radical (unpaired) electrons. The molecule has 0 saturated carbocycles. The smallest absolute Gasteiger partial charge is 0.0933 e. The molecule has 0 aliphatic carbocycles. The van der Waals surface area contributed by atoms with Crippen molar-refractivity contribution in [3.05, 3.63) is 53.7 Å². The molecule has 3 heteroatoms. The number of aryl methyl sites for hydroxylation is 2. The highest BCUT2D eigenvalue weighted by molar-refractivity contribution is 7.99. The van der Waals surface area contributed by atoms with E-state index in [9.17, 15) is 0 Å². The third kappa shape index (κ3) is 2.79. The van der Waals surface area contributed by atoms with Crippen molar-refractivity contribution in [2.24, 2.45) is 0 Å². The summed E-state index contributed by atoms with van der Waals surface area (Å²) in [6.07, 6.45) is 0. The summed E-state index contributed by atoms with van der Waals surface area (Å²) in [6.45, 7) is 6.29. The Hall–Kier alpha value is -1.87. The molecule has 0 aliphatic rings. The zero-order chi connectivity index (χ0) is 14.8. The number of aromatic nitrogens is 2. The van der Waals surface area contributed by atoms with E-state index in [0.717, 1.165) is 28.2 Å². The molecule has 1 heterocycles. The molecule has 0 N–H and O–H groups in total. The van der Waals surface area contributed by atoms with E-state index in [4.69, 9.17) is 9.97 Å². The van der Waals surface area contributed by atoms with Crippen LogP contribution in [0.3, 0.4) is 0 Å². The SMILES string of the molecule is CCSc1ccccc1-c1nc2ccc(C)cc2nc1C. The molecule has 3 rings (SSSR count). The van der Waals surface area contributed by atoms with Crippen molar-refractivity contribution in [1.82, 2.24) is 9.97 Å². The molecule has 2 nitrogen and oxygen atoms in total. The average Bonchev–Trinajstić information content (AvgIpc) is 2.47. The zero-order valence-electron chi connectivity index (χ0n) is 12.6. The van der Waals surface area contributed by atoms with Crippen molar-refractivity contribution >= 4 is 22.8 Å². The van der Waals surface area contributed by atoms with Gasteiger partial charge in [-0.15, -0.1) is 11.8 Å². The topological polar surface area (TPSA) is 25.8 Å². The van der Waals surface area contributed by atoms with Gasteiger partial charge in [-0.25, -0.2) is 9.97 Å². The van der Waals surface area contributed by atoms with Crippen LogP contribution in [0.5, 0.6) is 0 Å². The van der Waals surface area contributed by atoms with Gasteiger partial charge in [-0.3, -0.25) is 0 Å². The molecule has 0 unspecified atom stereocenters. The monoisotopic (exact) mass is 294 g/mol. The van der Waals surface area contributed by atoms with Gasteiger partial charge >= 0.3 is 0 Å². The van der Waals surface area contributed by atoms with Gasteiger partial charge in [-0.2, -0.15) is 0 Å². The van der Waals surface area contributed by atoms with Crippen LogP contribution < -0.4 is 0 Å². The minimum atomic E-state index is 0.956. The van der Waals surface area contributed by atoms with Crippen LogP contribution >= 0.6 is 11.8 Å². The van der Waals surface area contributed by atoms with Crippen LogP contribution in [0.4, 0.5) is 0 Å². The number of fused-ring (bicyclic) bond motifs is 1.